The third-order valence-electron chi connectivity index (χ3n) is 4.33. The molecule has 0 unspecified atom stereocenters. The second-order valence-electron chi connectivity index (χ2n) is 6.36. The fourth-order valence-electron chi connectivity index (χ4n) is 2.70. The monoisotopic (exact) mass is 390 g/mol. The van der Waals surface area contributed by atoms with Crippen LogP contribution in [-0.2, 0) is 27.9 Å². The molecule has 0 aliphatic heterocycles. The van der Waals surface area contributed by atoms with Crippen LogP contribution in [-0.4, -0.2) is 38.5 Å². The van der Waals surface area contributed by atoms with Crippen LogP contribution in [0.15, 0.2) is 48.5 Å². The average molecular weight is 391 g/mol. The van der Waals surface area contributed by atoms with Gasteiger partial charge in [0.2, 0.25) is 15.9 Å². The molecule has 2 aromatic rings. The zero-order valence-corrected chi connectivity index (χ0v) is 16.8. The van der Waals surface area contributed by atoms with Gasteiger partial charge in [-0.3, -0.25) is 4.79 Å². The first-order chi connectivity index (χ1) is 12.8. The molecule has 0 spiro atoms. The lowest BCUT2D eigenvalue weighted by molar-refractivity contribution is -0.121. The summed E-state index contributed by atoms with van der Waals surface area (Å²) >= 11 is 0. The lowest BCUT2D eigenvalue weighted by atomic mass is 10.1. The lowest BCUT2D eigenvalue weighted by Gasteiger charge is -2.21. The number of ether oxygens (including phenoxy) is 1. The van der Waals surface area contributed by atoms with Gasteiger partial charge >= 0.3 is 0 Å². The Hall–Kier alpha value is -2.38. The molecule has 0 atom stereocenters. The number of methoxy groups -OCH3 is 1. The Balaban J connectivity index is 1.94. The van der Waals surface area contributed by atoms with Crippen LogP contribution in [0, 0.1) is 6.92 Å². The highest BCUT2D eigenvalue weighted by Gasteiger charge is 2.19. The topological polar surface area (TPSA) is 75.7 Å². The minimum atomic E-state index is -3.42. The van der Waals surface area contributed by atoms with E-state index in [1.807, 2.05) is 55.5 Å². The number of benzene rings is 2. The molecule has 0 aliphatic rings. The van der Waals surface area contributed by atoms with E-state index < -0.39 is 10.0 Å². The molecule has 2 aromatic carbocycles. The number of amides is 1. The summed E-state index contributed by atoms with van der Waals surface area (Å²) in [5.41, 5.74) is 2.82. The van der Waals surface area contributed by atoms with Crippen molar-refractivity contribution in [1.82, 2.24) is 9.62 Å². The van der Waals surface area contributed by atoms with Crippen molar-refractivity contribution < 1.29 is 17.9 Å². The van der Waals surface area contributed by atoms with Crippen LogP contribution in [0.5, 0.6) is 5.75 Å². The van der Waals surface area contributed by atoms with E-state index in [9.17, 15) is 13.2 Å². The first-order valence-electron chi connectivity index (χ1n) is 8.69. The molecule has 7 heteroatoms. The number of hydrogen-bond acceptors (Lipinski definition) is 4. The molecule has 0 saturated carbocycles. The Labute approximate surface area is 161 Å². The van der Waals surface area contributed by atoms with Crippen molar-refractivity contribution in [3.05, 3.63) is 65.2 Å². The maximum absolute atomic E-state index is 12.2. The van der Waals surface area contributed by atoms with Crippen molar-refractivity contribution in [3.8, 4) is 5.75 Å². The molecule has 2 rings (SSSR count). The van der Waals surface area contributed by atoms with E-state index in [2.05, 4.69) is 5.32 Å². The minimum Gasteiger partial charge on any atom is -0.496 e. The van der Waals surface area contributed by atoms with Gasteiger partial charge in [-0.05, 0) is 24.1 Å². The van der Waals surface area contributed by atoms with E-state index in [1.54, 1.807) is 7.11 Å². The summed E-state index contributed by atoms with van der Waals surface area (Å²) < 4.78 is 30.8. The number of hydrogen-bond donors (Lipinski definition) is 1. The maximum Gasteiger partial charge on any atom is 0.221 e. The Kier molecular flexibility index (Phi) is 7.38. The van der Waals surface area contributed by atoms with Gasteiger partial charge in [-0.1, -0.05) is 42.5 Å². The standard InChI is InChI=1S/C20H26N2O4S/c1-16-8-4-5-10-18(16)15-22(27(3,24)25)13-12-20(23)21-14-17-9-6-7-11-19(17)26-2/h4-11H,12-15H2,1-3H3,(H,21,23). The van der Waals surface area contributed by atoms with Gasteiger partial charge in [0.15, 0.2) is 0 Å². The number of carbonyl (C=O) groups excluding carboxylic acids is 1. The van der Waals surface area contributed by atoms with Crippen LogP contribution in [0.3, 0.4) is 0 Å². The molecule has 0 fully saturated rings. The molecule has 27 heavy (non-hydrogen) atoms. The van der Waals surface area contributed by atoms with Crippen LogP contribution >= 0.6 is 0 Å². The van der Waals surface area contributed by atoms with Gasteiger partial charge in [-0.25, -0.2) is 8.42 Å². The Morgan fingerprint density at radius 3 is 2.33 bits per heavy atom. The van der Waals surface area contributed by atoms with Gasteiger partial charge in [-0.2, -0.15) is 4.31 Å². The summed E-state index contributed by atoms with van der Waals surface area (Å²) in [6, 6.07) is 15.1. The number of nitrogens with zero attached hydrogens (tertiary/aromatic N) is 1. The van der Waals surface area contributed by atoms with E-state index >= 15 is 0 Å². The third-order valence-corrected chi connectivity index (χ3v) is 5.58. The molecule has 0 saturated heterocycles. The molecule has 6 nitrogen and oxygen atoms in total. The average Bonchev–Trinajstić information content (AvgIpc) is 2.64. The maximum atomic E-state index is 12.2. The van der Waals surface area contributed by atoms with Crippen LogP contribution in [0.1, 0.15) is 23.1 Å². The highest BCUT2D eigenvalue weighted by molar-refractivity contribution is 7.88. The number of nitrogens with one attached hydrogen (secondary N) is 1. The largest absolute Gasteiger partial charge is 0.496 e. The quantitative estimate of drug-likeness (QED) is 0.714. The molecule has 0 aliphatic carbocycles. The number of aryl methyl sites for hydroxylation is 1. The van der Waals surface area contributed by atoms with Crippen LogP contribution in [0.25, 0.3) is 0 Å². The predicted molar refractivity (Wildman–Crippen MR) is 106 cm³/mol. The highest BCUT2D eigenvalue weighted by Crippen LogP contribution is 2.17. The molecule has 0 aromatic heterocycles. The molecule has 146 valence electrons. The summed E-state index contributed by atoms with van der Waals surface area (Å²) in [5, 5.41) is 2.82. The molecule has 0 heterocycles. The van der Waals surface area contributed by atoms with Crippen molar-refractivity contribution in [1.29, 1.82) is 0 Å². The summed E-state index contributed by atoms with van der Waals surface area (Å²) in [7, 11) is -1.84. The summed E-state index contributed by atoms with van der Waals surface area (Å²) in [6.07, 6.45) is 1.26. The smallest absolute Gasteiger partial charge is 0.221 e. The van der Waals surface area contributed by atoms with Crippen LogP contribution in [0.4, 0.5) is 0 Å². The molecular formula is C20H26N2O4S. The normalized spacial score (nSPS) is 11.4. The molecule has 1 N–H and O–H groups in total. The van der Waals surface area contributed by atoms with Crippen LogP contribution in [0.2, 0.25) is 0 Å². The van der Waals surface area contributed by atoms with E-state index in [0.29, 0.717) is 12.3 Å². The van der Waals surface area contributed by atoms with Gasteiger partial charge in [0.25, 0.3) is 0 Å². The van der Waals surface area contributed by atoms with Gasteiger partial charge in [0.1, 0.15) is 5.75 Å². The fourth-order valence-corrected chi connectivity index (χ4v) is 3.49. The highest BCUT2D eigenvalue weighted by atomic mass is 32.2. The molecule has 0 radical (unpaired) electrons. The van der Waals surface area contributed by atoms with E-state index in [-0.39, 0.29) is 25.4 Å². The number of sulfonamides is 1. The first kappa shape index (κ1) is 20.9. The molecular weight excluding hydrogens is 364 g/mol. The Morgan fingerprint density at radius 2 is 1.70 bits per heavy atom. The van der Waals surface area contributed by atoms with Gasteiger partial charge < -0.3 is 10.1 Å². The van der Waals surface area contributed by atoms with Gasteiger partial charge in [0, 0.05) is 31.6 Å². The van der Waals surface area contributed by atoms with Crippen molar-refractivity contribution in [2.24, 2.45) is 0 Å². The Morgan fingerprint density at radius 1 is 1.07 bits per heavy atom. The summed E-state index contributed by atoms with van der Waals surface area (Å²) in [5.74, 6) is 0.495. The van der Waals surface area contributed by atoms with Gasteiger partial charge in [0.05, 0.1) is 13.4 Å². The second-order valence-corrected chi connectivity index (χ2v) is 8.34. The fraction of sp³-hybridized carbons (Fsp3) is 0.350. The first-order valence-corrected chi connectivity index (χ1v) is 10.5. The second kappa shape index (κ2) is 9.53. The zero-order chi connectivity index (χ0) is 19.9. The number of carbonyl (C=O) groups is 1. The summed E-state index contributed by atoms with van der Waals surface area (Å²) in [6.45, 7) is 2.66. The lowest BCUT2D eigenvalue weighted by Crippen LogP contribution is -2.34. The third kappa shape index (κ3) is 6.37. The zero-order valence-electron chi connectivity index (χ0n) is 15.9. The van der Waals surface area contributed by atoms with Gasteiger partial charge in [-0.15, -0.1) is 0 Å². The number of para-hydroxylation sites is 1. The molecule has 0 bridgehead atoms. The van der Waals surface area contributed by atoms with E-state index in [1.165, 1.54) is 4.31 Å². The van der Waals surface area contributed by atoms with Crippen molar-refractivity contribution in [2.75, 3.05) is 19.9 Å². The van der Waals surface area contributed by atoms with E-state index in [4.69, 9.17) is 4.74 Å². The van der Waals surface area contributed by atoms with Crippen molar-refractivity contribution >= 4 is 15.9 Å². The van der Waals surface area contributed by atoms with Crippen molar-refractivity contribution in [3.63, 3.8) is 0 Å². The minimum absolute atomic E-state index is 0.0914. The Bertz CT molecular complexity index is 881. The van der Waals surface area contributed by atoms with Crippen LogP contribution < -0.4 is 10.1 Å². The predicted octanol–water partition coefficient (Wildman–Crippen LogP) is 2.47. The SMILES string of the molecule is COc1ccccc1CNC(=O)CCN(Cc1ccccc1C)S(C)(=O)=O. The molecule has 1 amide bonds. The number of rotatable bonds is 9. The summed E-state index contributed by atoms with van der Waals surface area (Å²) in [4.78, 5) is 12.2. The van der Waals surface area contributed by atoms with Crippen molar-refractivity contribution in [2.45, 2.75) is 26.4 Å². The van der Waals surface area contributed by atoms with E-state index in [0.717, 1.165) is 22.9 Å².